The van der Waals surface area contributed by atoms with E-state index in [1.54, 1.807) is 12.1 Å². The van der Waals surface area contributed by atoms with Gasteiger partial charge in [-0.25, -0.2) is 4.79 Å². The van der Waals surface area contributed by atoms with Crippen molar-refractivity contribution in [2.75, 3.05) is 11.9 Å². The minimum Gasteiger partial charge on any atom is -0.452 e. The molecule has 4 rings (SSSR count). The summed E-state index contributed by atoms with van der Waals surface area (Å²) in [5.74, 6) is -1.62. The molecule has 0 fully saturated rings. The summed E-state index contributed by atoms with van der Waals surface area (Å²) in [7, 11) is 0. The molecule has 1 aliphatic rings. The number of aryl methyl sites for hydroxylation is 1. The standard InChI is InChI=1S/C24H22N2O4S/c25-22(28)21-18-11-6-12-19(18)31-23(21)26-20(27)14-30-24(29)17-10-5-4-9-16(17)13-15-7-2-1-3-8-15/h1-5,7-10H,6,11-14H2,(H2,25,28)(H,26,27). The van der Waals surface area contributed by atoms with Gasteiger partial charge in [-0.15, -0.1) is 11.3 Å². The van der Waals surface area contributed by atoms with Gasteiger partial charge in [0.2, 0.25) is 0 Å². The molecule has 2 amide bonds. The van der Waals surface area contributed by atoms with Gasteiger partial charge >= 0.3 is 5.97 Å². The second kappa shape index (κ2) is 9.14. The van der Waals surface area contributed by atoms with E-state index in [-0.39, 0.29) is 0 Å². The highest BCUT2D eigenvalue weighted by Crippen LogP contribution is 2.38. The number of primary amides is 1. The number of thiophene rings is 1. The van der Waals surface area contributed by atoms with E-state index in [9.17, 15) is 14.4 Å². The lowest BCUT2D eigenvalue weighted by Gasteiger charge is -2.10. The first-order valence-corrected chi connectivity index (χ1v) is 10.9. The van der Waals surface area contributed by atoms with Crippen molar-refractivity contribution in [3.63, 3.8) is 0 Å². The van der Waals surface area contributed by atoms with Gasteiger partial charge < -0.3 is 15.8 Å². The molecule has 2 aromatic carbocycles. The molecule has 1 aliphatic carbocycles. The van der Waals surface area contributed by atoms with Gasteiger partial charge in [-0.1, -0.05) is 48.5 Å². The van der Waals surface area contributed by atoms with Crippen LogP contribution in [0.1, 0.15) is 48.7 Å². The first-order chi connectivity index (χ1) is 15.0. The van der Waals surface area contributed by atoms with E-state index in [1.807, 2.05) is 42.5 Å². The third-order valence-corrected chi connectivity index (χ3v) is 6.44. The maximum Gasteiger partial charge on any atom is 0.338 e. The molecule has 0 atom stereocenters. The zero-order chi connectivity index (χ0) is 21.8. The number of fused-ring (bicyclic) bond motifs is 1. The average Bonchev–Trinajstić information content (AvgIpc) is 3.33. The first kappa shape index (κ1) is 20.8. The van der Waals surface area contributed by atoms with Crippen LogP contribution < -0.4 is 11.1 Å². The lowest BCUT2D eigenvalue weighted by atomic mass is 10.00. The quantitative estimate of drug-likeness (QED) is 0.554. The van der Waals surface area contributed by atoms with Gasteiger partial charge in [0.25, 0.3) is 11.8 Å². The molecule has 0 saturated heterocycles. The Labute approximate surface area is 184 Å². The largest absolute Gasteiger partial charge is 0.452 e. The number of nitrogens with one attached hydrogen (secondary N) is 1. The highest BCUT2D eigenvalue weighted by Gasteiger charge is 2.26. The molecular weight excluding hydrogens is 412 g/mol. The molecule has 1 aromatic heterocycles. The fourth-order valence-electron chi connectivity index (χ4n) is 3.81. The highest BCUT2D eigenvalue weighted by molar-refractivity contribution is 7.17. The van der Waals surface area contributed by atoms with Gasteiger partial charge in [0.15, 0.2) is 6.61 Å². The van der Waals surface area contributed by atoms with Crippen LogP contribution in [0.25, 0.3) is 0 Å². The number of esters is 1. The second-order valence-corrected chi connectivity index (χ2v) is 8.47. The van der Waals surface area contributed by atoms with Crippen LogP contribution in [0.4, 0.5) is 5.00 Å². The Morgan fingerprint density at radius 2 is 1.74 bits per heavy atom. The third-order valence-electron chi connectivity index (χ3n) is 5.23. The zero-order valence-electron chi connectivity index (χ0n) is 16.9. The van der Waals surface area contributed by atoms with Crippen LogP contribution >= 0.6 is 11.3 Å². The van der Waals surface area contributed by atoms with Crippen molar-refractivity contribution in [1.82, 2.24) is 0 Å². The highest BCUT2D eigenvalue weighted by atomic mass is 32.1. The molecule has 3 N–H and O–H groups in total. The van der Waals surface area contributed by atoms with Gasteiger partial charge in [0, 0.05) is 4.88 Å². The third kappa shape index (κ3) is 4.67. The number of carbonyl (C=O) groups is 3. The number of rotatable bonds is 7. The topological polar surface area (TPSA) is 98.5 Å². The van der Waals surface area contributed by atoms with Crippen molar-refractivity contribution >= 4 is 34.1 Å². The van der Waals surface area contributed by atoms with Crippen molar-refractivity contribution in [3.05, 3.63) is 87.3 Å². The maximum atomic E-state index is 12.6. The van der Waals surface area contributed by atoms with Gasteiger partial charge in [0.1, 0.15) is 5.00 Å². The van der Waals surface area contributed by atoms with Gasteiger partial charge in [0.05, 0.1) is 11.1 Å². The summed E-state index contributed by atoms with van der Waals surface area (Å²) in [6.45, 7) is -0.445. The van der Waals surface area contributed by atoms with Crippen molar-refractivity contribution in [2.24, 2.45) is 5.73 Å². The SMILES string of the molecule is NC(=O)c1c(NC(=O)COC(=O)c2ccccc2Cc2ccccc2)sc2c1CCC2. The fourth-order valence-corrected chi connectivity index (χ4v) is 5.12. The number of nitrogens with two attached hydrogens (primary N) is 1. The van der Waals surface area contributed by atoms with E-state index in [4.69, 9.17) is 10.5 Å². The molecule has 0 spiro atoms. The molecule has 0 unspecified atom stereocenters. The van der Waals surface area contributed by atoms with Crippen LogP contribution in [0.2, 0.25) is 0 Å². The number of hydrogen-bond donors (Lipinski definition) is 2. The number of ether oxygens (including phenoxy) is 1. The molecule has 0 aliphatic heterocycles. The maximum absolute atomic E-state index is 12.6. The van der Waals surface area contributed by atoms with E-state index < -0.39 is 24.4 Å². The van der Waals surface area contributed by atoms with Crippen molar-refractivity contribution in [2.45, 2.75) is 25.7 Å². The summed E-state index contributed by atoms with van der Waals surface area (Å²) in [4.78, 5) is 38.0. The van der Waals surface area contributed by atoms with Crippen molar-refractivity contribution in [1.29, 1.82) is 0 Å². The van der Waals surface area contributed by atoms with E-state index in [2.05, 4.69) is 5.32 Å². The zero-order valence-corrected chi connectivity index (χ0v) is 17.7. The monoisotopic (exact) mass is 434 g/mol. The van der Waals surface area contributed by atoms with Gasteiger partial charge in [-0.2, -0.15) is 0 Å². The Bertz CT molecular complexity index is 1140. The van der Waals surface area contributed by atoms with E-state index >= 15 is 0 Å². The predicted molar refractivity (Wildman–Crippen MR) is 119 cm³/mol. The predicted octanol–water partition coefficient (Wildman–Crippen LogP) is 3.72. The van der Waals surface area contributed by atoms with Gasteiger partial charge in [-0.3, -0.25) is 9.59 Å². The molecular formula is C24H22N2O4S. The number of hydrogen-bond acceptors (Lipinski definition) is 5. The summed E-state index contributed by atoms with van der Waals surface area (Å²) < 4.78 is 5.26. The smallest absolute Gasteiger partial charge is 0.338 e. The second-order valence-electron chi connectivity index (χ2n) is 7.37. The van der Waals surface area contributed by atoms with Crippen LogP contribution in [-0.4, -0.2) is 24.4 Å². The lowest BCUT2D eigenvalue weighted by molar-refractivity contribution is -0.119. The van der Waals surface area contributed by atoms with Crippen LogP contribution in [0, 0.1) is 0 Å². The minimum atomic E-state index is -0.564. The number of carbonyl (C=O) groups excluding carboxylic acids is 3. The number of amides is 2. The summed E-state index contributed by atoms with van der Waals surface area (Å²) in [5.41, 5.74) is 9.15. The van der Waals surface area contributed by atoms with Crippen molar-refractivity contribution < 1.29 is 19.1 Å². The molecule has 1 heterocycles. The van der Waals surface area contributed by atoms with E-state index in [1.165, 1.54) is 11.3 Å². The first-order valence-electron chi connectivity index (χ1n) is 10.1. The summed E-state index contributed by atoms with van der Waals surface area (Å²) in [6, 6.07) is 17.0. The number of benzene rings is 2. The Balaban J connectivity index is 1.41. The molecule has 158 valence electrons. The molecule has 0 radical (unpaired) electrons. The Kier molecular flexibility index (Phi) is 6.13. The van der Waals surface area contributed by atoms with Crippen LogP contribution in [0.3, 0.4) is 0 Å². The summed E-state index contributed by atoms with van der Waals surface area (Å²) in [5, 5.41) is 3.12. The molecule has 6 nitrogen and oxygen atoms in total. The average molecular weight is 435 g/mol. The summed E-state index contributed by atoms with van der Waals surface area (Å²) in [6.07, 6.45) is 3.23. The van der Waals surface area contributed by atoms with E-state index in [0.717, 1.165) is 40.8 Å². The fraction of sp³-hybridized carbons (Fsp3) is 0.208. The Morgan fingerprint density at radius 3 is 2.52 bits per heavy atom. The minimum absolute atomic E-state index is 0.380. The Morgan fingerprint density at radius 1 is 1.00 bits per heavy atom. The Hall–Kier alpha value is -3.45. The van der Waals surface area contributed by atoms with Crippen molar-refractivity contribution in [3.8, 4) is 0 Å². The molecule has 0 bridgehead atoms. The lowest BCUT2D eigenvalue weighted by Crippen LogP contribution is -2.23. The van der Waals surface area contributed by atoms with Crippen LogP contribution in [-0.2, 0) is 28.8 Å². The normalized spacial score (nSPS) is 12.3. The van der Waals surface area contributed by atoms with E-state index in [0.29, 0.717) is 22.5 Å². The molecule has 31 heavy (non-hydrogen) atoms. The van der Waals surface area contributed by atoms with Crippen LogP contribution in [0.5, 0.6) is 0 Å². The van der Waals surface area contributed by atoms with Crippen LogP contribution in [0.15, 0.2) is 54.6 Å². The molecule has 7 heteroatoms. The summed E-state index contributed by atoms with van der Waals surface area (Å²) >= 11 is 1.37. The molecule has 0 saturated carbocycles. The molecule has 3 aromatic rings. The van der Waals surface area contributed by atoms with Gasteiger partial charge in [-0.05, 0) is 48.4 Å². The number of anilines is 1.